The topological polar surface area (TPSA) is 62.0 Å². The van der Waals surface area contributed by atoms with Crippen LogP contribution in [-0.2, 0) is 6.42 Å². The van der Waals surface area contributed by atoms with Crippen molar-refractivity contribution >= 4 is 5.91 Å². The number of carbonyl (C=O) groups is 1. The second-order valence-electron chi connectivity index (χ2n) is 5.16. The lowest BCUT2D eigenvalue weighted by Crippen LogP contribution is -2.31. The van der Waals surface area contributed by atoms with E-state index in [1.54, 1.807) is 6.92 Å². The molecular weight excluding hydrogens is 252 g/mol. The van der Waals surface area contributed by atoms with Crippen molar-refractivity contribution in [3.8, 4) is 0 Å². The minimum Gasteiger partial charge on any atom is -0.364 e. The fourth-order valence-corrected chi connectivity index (χ4v) is 2.69. The zero-order valence-corrected chi connectivity index (χ0v) is 11.3. The number of nitrogens with one attached hydrogen (secondary N) is 2. The molecule has 20 heavy (non-hydrogen) atoms. The number of hydrogen-bond donors (Lipinski definition) is 2. The van der Waals surface area contributed by atoms with Crippen molar-refractivity contribution in [1.82, 2.24) is 10.3 Å². The van der Waals surface area contributed by atoms with Crippen LogP contribution in [0, 0.1) is 6.92 Å². The van der Waals surface area contributed by atoms with Crippen LogP contribution in [-0.4, -0.2) is 10.9 Å². The van der Waals surface area contributed by atoms with Crippen LogP contribution >= 0.6 is 0 Å². The second kappa shape index (κ2) is 4.96. The number of fused-ring (bicyclic) bond motifs is 1. The smallest absolute Gasteiger partial charge is 0.257 e. The average Bonchev–Trinajstić information content (AvgIpc) is 2.82. The Morgan fingerprint density at radius 2 is 2.15 bits per heavy atom. The van der Waals surface area contributed by atoms with Crippen LogP contribution in [0.5, 0.6) is 0 Å². The first kappa shape index (κ1) is 12.7. The molecule has 0 radical (unpaired) electrons. The molecule has 4 heteroatoms. The number of carbonyl (C=O) groups excluding carboxylic acids is 1. The summed E-state index contributed by atoms with van der Waals surface area (Å²) < 4.78 is 0. The summed E-state index contributed by atoms with van der Waals surface area (Å²) in [5.74, 6) is -0.312. The van der Waals surface area contributed by atoms with Crippen molar-refractivity contribution < 1.29 is 4.79 Å². The Morgan fingerprint density at radius 3 is 2.95 bits per heavy atom. The SMILES string of the molecule is Cc1cc(=O)c(C(=O)N[C@H]2CCc3ccccc32)c[nH]1. The quantitative estimate of drug-likeness (QED) is 0.876. The number of rotatable bonds is 2. The van der Waals surface area contributed by atoms with Gasteiger partial charge in [-0.2, -0.15) is 0 Å². The molecule has 0 bridgehead atoms. The maximum absolute atomic E-state index is 12.2. The Kier molecular flexibility index (Phi) is 3.14. The van der Waals surface area contributed by atoms with E-state index >= 15 is 0 Å². The number of aryl methyl sites for hydroxylation is 2. The van der Waals surface area contributed by atoms with Crippen molar-refractivity contribution in [3.05, 3.63) is 69.1 Å². The molecule has 2 N–H and O–H groups in total. The summed E-state index contributed by atoms with van der Waals surface area (Å²) in [6.07, 6.45) is 3.33. The van der Waals surface area contributed by atoms with Gasteiger partial charge in [0.05, 0.1) is 6.04 Å². The molecule has 4 nitrogen and oxygen atoms in total. The van der Waals surface area contributed by atoms with Gasteiger partial charge in [-0.05, 0) is 30.9 Å². The molecule has 0 fully saturated rings. The highest BCUT2D eigenvalue weighted by Crippen LogP contribution is 2.30. The number of aromatic nitrogens is 1. The fourth-order valence-electron chi connectivity index (χ4n) is 2.69. The van der Waals surface area contributed by atoms with Gasteiger partial charge in [-0.1, -0.05) is 24.3 Å². The maximum Gasteiger partial charge on any atom is 0.257 e. The van der Waals surface area contributed by atoms with Crippen LogP contribution in [0.3, 0.4) is 0 Å². The lowest BCUT2D eigenvalue weighted by molar-refractivity contribution is 0.0935. The van der Waals surface area contributed by atoms with Gasteiger partial charge in [0.15, 0.2) is 5.43 Å². The first-order valence-electron chi connectivity index (χ1n) is 6.73. The highest BCUT2D eigenvalue weighted by atomic mass is 16.2. The van der Waals surface area contributed by atoms with Crippen LogP contribution in [0.2, 0.25) is 0 Å². The van der Waals surface area contributed by atoms with E-state index in [0.29, 0.717) is 0 Å². The molecule has 0 unspecified atom stereocenters. The van der Waals surface area contributed by atoms with Gasteiger partial charge in [0.2, 0.25) is 0 Å². The zero-order valence-electron chi connectivity index (χ0n) is 11.3. The van der Waals surface area contributed by atoms with Gasteiger partial charge < -0.3 is 10.3 Å². The summed E-state index contributed by atoms with van der Waals surface area (Å²) >= 11 is 0. The van der Waals surface area contributed by atoms with Crippen molar-refractivity contribution in [3.63, 3.8) is 0 Å². The van der Waals surface area contributed by atoms with Crippen LogP contribution in [0.15, 0.2) is 41.3 Å². The third-order valence-corrected chi connectivity index (χ3v) is 3.74. The summed E-state index contributed by atoms with van der Waals surface area (Å²) in [5, 5.41) is 2.95. The number of benzene rings is 1. The highest BCUT2D eigenvalue weighted by molar-refractivity contribution is 5.94. The summed E-state index contributed by atoms with van der Waals surface area (Å²) in [5.41, 5.74) is 3.10. The van der Waals surface area contributed by atoms with E-state index in [0.717, 1.165) is 24.1 Å². The van der Waals surface area contributed by atoms with Crippen molar-refractivity contribution in [2.45, 2.75) is 25.8 Å². The third-order valence-electron chi connectivity index (χ3n) is 3.74. The Morgan fingerprint density at radius 1 is 1.35 bits per heavy atom. The van der Waals surface area contributed by atoms with Gasteiger partial charge in [-0.15, -0.1) is 0 Å². The lowest BCUT2D eigenvalue weighted by atomic mass is 10.1. The van der Waals surface area contributed by atoms with Gasteiger partial charge in [0.1, 0.15) is 5.56 Å². The van der Waals surface area contributed by atoms with E-state index in [1.165, 1.54) is 17.8 Å². The van der Waals surface area contributed by atoms with Crippen LogP contribution < -0.4 is 10.7 Å². The predicted molar refractivity (Wildman–Crippen MR) is 76.8 cm³/mol. The summed E-state index contributed by atoms with van der Waals surface area (Å²) in [6, 6.07) is 9.54. The van der Waals surface area contributed by atoms with Crippen LogP contribution in [0.25, 0.3) is 0 Å². The molecule has 0 saturated heterocycles. The molecule has 1 amide bonds. The Balaban J connectivity index is 1.82. The molecule has 1 aliphatic rings. The van der Waals surface area contributed by atoms with E-state index in [2.05, 4.69) is 16.4 Å². The van der Waals surface area contributed by atoms with E-state index < -0.39 is 0 Å². The molecule has 1 aliphatic carbocycles. The van der Waals surface area contributed by atoms with Gasteiger partial charge >= 0.3 is 0 Å². The van der Waals surface area contributed by atoms with Crippen LogP contribution in [0.1, 0.15) is 39.6 Å². The zero-order chi connectivity index (χ0) is 14.1. The van der Waals surface area contributed by atoms with Crippen molar-refractivity contribution in [2.24, 2.45) is 0 Å². The average molecular weight is 268 g/mol. The molecule has 2 aromatic rings. The second-order valence-corrected chi connectivity index (χ2v) is 5.16. The molecular formula is C16H16N2O2. The molecule has 3 rings (SSSR count). The summed E-state index contributed by atoms with van der Waals surface area (Å²) in [4.78, 5) is 26.9. The summed E-state index contributed by atoms with van der Waals surface area (Å²) in [6.45, 7) is 1.79. The minimum atomic E-state index is -0.312. The van der Waals surface area contributed by atoms with E-state index in [9.17, 15) is 9.59 Å². The number of aromatic amines is 1. The molecule has 102 valence electrons. The Bertz CT molecular complexity index is 718. The van der Waals surface area contributed by atoms with Gasteiger partial charge in [0, 0.05) is 18.0 Å². The fraction of sp³-hybridized carbons (Fsp3) is 0.250. The Hall–Kier alpha value is -2.36. The molecule has 1 atom stereocenters. The molecule has 1 aromatic heterocycles. The third kappa shape index (κ3) is 2.25. The Labute approximate surface area is 116 Å². The van der Waals surface area contributed by atoms with Gasteiger partial charge in [-0.3, -0.25) is 9.59 Å². The monoisotopic (exact) mass is 268 g/mol. The molecule has 0 aliphatic heterocycles. The van der Waals surface area contributed by atoms with Crippen molar-refractivity contribution in [1.29, 1.82) is 0 Å². The van der Waals surface area contributed by atoms with E-state index in [-0.39, 0.29) is 22.9 Å². The first-order chi connectivity index (χ1) is 9.65. The summed E-state index contributed by atoms with van der Waals surface area (Å²) in [7, 11) is 0. The van der Waals surface area contributed by atoms with E-state index in [1.807, 2.05) is 18.2 Å². The molecule has 1 aromatic carbocycles. The highest BCUT2D eigenvalue weighted by Gasteiger charge is 2.24. The normalized spacial score (nSPS) is 16.8. The number of pyridine rings is 1. The van der Waals surface area contributed by atoms with E-state index in [4.69, 9.17) is 0 Å². The number of H-pyrrole nitrogens is 1. The predicted octanol–water partition coefficient (Wildman–Crippen LogP) is 2.10. The molecule has 0 spiro atoms. The van der Waals surface area contributed by atoms with Crippen molar-refractivity contribution in [2.75, 3.05) is 0 Å². The molecule has 1 heterocycles. The van der Waals surface area contributed by atoms with Gasteiger partial charge in [-0.25, -0.2) is 0 Å². The number of amides is 1. The standard InChI is InChI=1S/C16H16N2O2/c1-10-8-15(19)13(9-17-10)16(20)18-14-7-6-11-4-2-3-5-12(11)14/h2-5,8-9,14H,6-7H2,1H3,(H,17,19)(H,18,20)/t14-/m0/s1. The van der Waals surface area contributed by atoms with Gasteiger partial charge in [0.25, 0.3) is 5.91 Å². The maximum atomic E-state index is 12.2. The van der Waals surface area contributed by atoms with Crippen LogP contribution in [0.4, 0.5) is 0 Å². The number of hydrogen-bond acceptors (Lipinski definition) is 2. The molecule has 0 saturated carbocycles. The minimum absolute atomic E-state index is 0.000553. The largest absolute Gasteiger partial charge is 0.364 e. The first-order valence-corrected chi connectivity index (χ1v) is 6.73. The lowest BCUT2D eigenvalue weighted by Gasteiger charge is -2.13.